The van der Waals surface area contributed by atoms with Gasteiger partial charge in [-0.3, -0.25) is 9.69 Å². The van der Waals surface area contributed by atoms with Gasteiger partial charge in [-0.15, -0.1) is 0 Å². The highest BCUT2D eigenvalue weighted by Crippen LogP contribution is 2.14. The molecule has 1 aliphatic heterocycles. The van der Waals surface area contributed by atoms with Crippen molar-refractivity contribution in [3.8, 4) is 0 Å². The number of carbonyl (C=O) groups excluding carboxylic acids is 1. The largest absolute Gasteiger partial charge is 0.379 e. The second-order valence-corrected chi connectivity index (χ2v) is 6.22. The molecule has 1 fully saturated rings. The van der Waals surface area contributed by atoms with Crippen molar-refractivity contribution in [2.45, 2.75) is 13.3 Å². The average Bonchev–Trinajstić information content (AvgIpc) is 2.63. The van der Waals surface area contributed by atoms with Gasteiger partial charge in [-0.25, -0.2) is 4.79 Å². The van der Waals surface area contributed by atoms with Crippen LogP contribution in [0.4, 0.5) is 10.5 Å². The lowest BCUT2D eigenvalue weighted by Gasteiger charge is -2.26. The number of ether oxygens (including phenoxy) is 1. The molecule has 7 nitrogen and oxygen atoms in total. The summed E-state index contributed by atoms with van der Waals surface area (Å²) < 4.78 is 5.31. The van der Waals surface area contributed by atoms with Crippen molar-refractivity contribution in [2.75, 3.05) is 44.7 Å². The van der Waals surface area contributed by atoms with Crippen LogP contribution in [0.5, 0.6) is 0 Å². The van der Waals surface area contributed by atoms with Crippen molar-refractivity contribution >= 4 is 22.6 Å². The number of morpholine rings is 1. The number of nitrogens with zero attached hydrogens (tertiary/aromatic N) is 1. The van der Waals surface area contributed by atoms with Crippen LogP contribution in [0.25, 0.3) is 10.9 Å². The van der Waals surface area contributed by atoms with Gasteiger partial charge in [0, 0.05) is 31.2 Å². The normalized spacial score (nSPS) is 15.2. The van der Waals surface area contributed by atoms with Crippen LogP contribution in [0.15, 0.2) is 29.2 Å². The number of hydrogen-bond acceptors (Lipinski definition) is 4. The lowest BCUT2D eigenvalue weighted by Crippen LogP contribution is -2.38. The molecule has 3 rings (SSSR count). The van der Waals surface area contributed by atoms with Crippen LogP contribution in [0, 0.1) is 6.92 Å². The van der Waals surface area contributed by atoms with Crippen LogP contribution in [0.2, 0.25) is 0 Å². The molecule has 0 radical (unpaired) electrons. The molecule has 0 aliphatic carbocycles. The van der Waals surface area contributed by atoms with Crippen LogP contribution in [-0.2, 0) is 4.74 Å². The van der Waals surface area contributed by atoms with E-state index in [2.05, 4.69) is 20.5 Å². The Hall–Kier alpha value is -2.38. The molecule has 2 amide bonds. The lowest BCUT2D eigenvalue weighted by atomic mass is 10.1. The van der Waals surface area contributed by atoms with Gasteiger partial charge in [-0.2, -0.15) is 0 Å². The van der Waals surface area contributed by atoms with Crippen LogP contribution in [0.3, 0.4) is 0 Å². The Bertz CT molecular complexity index is 796. The van der Waals surface area contributed by atoms with Crippen molar-refractivity contribution in [3.05, 3.63) is 40.2 Å². The first kappa shape index (κ1) is 17.4. The van der Waals surface area contributed by atoms with Gasteiger partial charge in [0.25, 0.3) is 0 Å². The number of benzene rings is 1. The number of aromatic amines is 1. The van der Waals surface area contributed by atoms with Crippen molar-refractivity contribution in [1.82, 2.24) is 15.2 Å². The first-order valence-corrected chi connectivity index (χ1v) is 8.61. The highest BCUT2D eigenvalue weighted by molar-refractivity contribution is 5.92. The number of anilines is 1. The molecular formula is C18H24N4O3. The number of rotatable bonds is 5. The standard InChI is InChI=1S/C18H24N4O3/c1-13-4-2-5-14-16(13)20-12-15(17(14)23)21-18(24)19-6-3-7-22-8-10-25-11-9-22/h2,4-5,12H,3,6-11H2,1H3,(H,20,23)(H2,19,21,24). The van der Waals surface area contributed by atoms with E-state index in [1.807, 2.05) is 19.1 Å². The Morgan fingerprint density at radius 2 is 2.12 bits per heavy atom. The van der Waals surface area contributed by atoms with Crippen LogP contribution >= 0.6 is 0 Å². The minimum absolute atomic E-state index is 0.180. The predicted molar refractivity (Wildman–Crippen MR) is 98.2 cm³/mol. The molecule has 0 spiro atoms. The summed E-state index contributed by atoms with van der Waals surface area (Å²) in [4.78, 5) is 29.9. The minimum Gasteiger partial charge on any atom is -0.379 e. The van der Waals surface area contributed by atoms with Gasteiger partial charge in [0.2, 0.25) is 5.43 Å². The van der Waals surface area contributed by atoms with Gasteiger partial charge in [0.1, 0.15) is 5.69 Å². The third-order valence-electron chi connectivity index (χ3n) is 4.41. The Morgan fingerprint density at radius 1 is 1.32 bits per heavy atom. The fourth-order valence-corrected chi connectivity index (χ4v) is 2.99. The van der Waals surface area contributed by atoms with E-state index in [9.17, 15) is 9.59 Å². The van der Waals surface area contributed by atoms with Crippen LogP contribution in [-0.4, -0.2) is 55.3 Å². The molecule has 1 aliphatic rings. The summed E-state index contributed by atoms with van der Waals surface area (Å²) in [6, 6.07) is 5.17. The Balaban J connectivity index is 1.52. The van der Waals surface area contributed by atoms with E-state index in [0.717, 1.165) is 50.3 Å². The topological polar surface area (TPSA) is 86.5 Å². The number of carbonyl (C=O) groups is 1. The number of nitrogens with one attached hydrogen (secondary N) is 3. The second-order valence-electron chi connectivity index (χ2n) is 6.22. The summed E-state index contributed by atoms with van der Waals surface area (Å²) in [5.74, 6) is 0. The van der Waals surface area contributed by atoms with Crippen molar-refractivity contribution in [3.63, 3.8) is 0 Å². The zero-order valence-electron chi connectivity index (χ0n) is 14.4. The zero-order valence-corrected chi connectivity index (χ0v) is 14.4. The molecule has 2 heterocycles. The number of para-hydroxylation sites is 1. The summed E-state index contributed by atoms with van der Waals surface area (Å²) in [6.45, 7) is 6.87. The van der Waals surface area contributed by atoms with Gasteiger partial charge in [0.15, 0.2) is 0 Å². The van der Waals surface area contributed by atoms with E-state index in [-0.39, 0.29) is 17.1 Å². The van der Waals surface area contributed by atoms with Gasteiger partial charge in [-0.05, 0) is 31.5 Å². The van der Waals surface area contributed by atoms with E-state index in [1.165, 1.54) is 0 Å². The van der Waals surface area contributed by atoms with E-state index < -0.39 is 0 Å². The lowest BCUT2D eigenvalue weighted by molar-refractivity contribution is 0.0375. The summed E-state index contributed by atoms with van der Waals surface area (Å²) in [7, 11) is 0. The predicted octanol–water partition coefficient (Wildman–Crippen LogP) is 1.68. The van der Waals surface area contributed by atoms with Gasteiger partial charge < -0.3 is 20.4 Å². The molecule has 0 saturated carbocycles. The van der Waals surface area contributed by atoms with Crippen LogP contribution < -0.4 is 16.1 Å². The van der Waals surface area contributed by atoms with E-state index in [4.69, 9.17) is 4.74 Å². The summed E-state index contributed by atoms with van der Waals surface area (Å²) in [6.07, 6.45) is 2.41. The summed E-state index contributed by atoms with van der Waals surface area (Å²) >= 11 is 0. The van der Waals surface area contributed by atoms with E-state index in [0.29, 0.717) is 11.9 Å². The first-order valence-electron chi connectivity index (χ1n) is 8.61. The molecule has 0 atom stereocenters. The molecule has 25 heavy (non-hydrogen) atoms. The third-order valence-corrected chi connectivity index (χ3v) is 4.41. The van der Waals surface area contributed by atoms with Crippen molar-refractivity contribution in [2.24, 2.45) is 0 Å². The SMILES string of the molecule is Cc1cccc2c(=O)c(NC(=O)NCCCN3CCOCC3)c[nH]c12. The number of pyridine rings is 1. The number of fused-ring (bicyclic) bond motifs is 1. The highest BCUT2D eigenvalue weighted by atomic mass is 16.5. The monoisotopic (exact) mass is 344 g/mol. The number of aromatic nitrogens is 1. The Labute approximate surface area is 146 Å². The molecule has 0 unspecified atom stereocenters. The van der Waals surface area contributed by atoms with Gasteiger partial charge in [0.05, 0.1) is 18.7 Å². The maximum atomic E-state index is 12.5. The number of urea groups is 1. The van der Waals surface area contributed by atoms with Crippen molar-refractivity contribution in [1.29, 1.82) is 0 Å². The van der Waals surface area contributed by atoms with E-state index in [1.54, 1.807) is 12.3 Å². The number of amides is 2. The maximum absolute atomic E-state index is 12.5. The fraction of sp³-hybridized carbons (Fsp3) is 0.444. The maximum Gasteiger partial charge on any atom is 0.319 e. The summed E-state index contributed by atoms with van der Waals surface area (Å²) in [5, 5.41) is 6.00. The second kappa shape index (κ2) is 8.13. The number of hydrogen-bond donors (Lipinski definition) is 3. The molecule has 3 N–H and O–H groups in total. The van der Waals surface area contributed by atoms with Gasteiger partial charge >= 0.3 is 6.03 Å². The van der Waals surface area contributed by atoms with Crippen molar-refractivity contribution < 1.29 is 9.53 Å². The highest BCUT2D eigenvalue weighted by Gasteiger charge is 2.11. The molecule has 134 valence electrons. The van der Waals surface area contributed by atoms with E-state index >= 15 is 0 Å². The first-order chi connectivity index (χ1) is 12.1. The van der Waals surface area contributed by atoms with Crippen LogP contribution in [0.1, 0.15) is 12.0 Å². The third kappa shape index (κ3) is 4.37. The Morgan fingerprint density at radius 3 is 2.92 bits per heavy atom. The molecule has 0 bridgehead atoms. The minimum atomic E-state index is -0.362. The zero-order chi connectivity index (χ0) is 17.6. The van der Waals surface area contributed by atoms with Gasteiger partial charge in [-0.1, -0.05) is 12.1 Å². The Kier molecular flexibility index (Phi) is 5.67. The molecular weight excluding hydrogens is 320 g/mol. The molecule has 2 aromatic rings. The smallest absolute Gasteiger partial charge is 0.319 e. The molecule has 1 aromatic carbocycles. The molecule has 1 saturated heterocycles. The number of H-pyrrole nitrogens is 1. The molecule has 7 heteroatoms. The summed E-state index contributed by atoms with van der Waals surface area (Å²) in [5.41, 5.74) is 1.86. The average molecular weight is 344 g/mol. The quantitative estimate of drug-likeness (QED) is 0.720. The number of aryl methyl sites for hydroxylation is 1. The molecule has 1 aromatic heterocycles. The fourth-order valence-electron chi connectivity index (χ4n) is 2.99.